The fourth-order valence-electron chi connectivity index (χ4n) is 3.10. The Labute approximate surface area is 146 Å². The number of rotatable bonds is 5. The lowest BCUT2D eigenvalue weighted by Gasteiger charge is -2.40. The first kappa shape index (κ1) is 20.1. The lowest BCUT2D eigenvalue weighted by Crippen LogP contribution is -2.37. The molecule has 0 N–H and O–H groups in total. The molecule has 24 heavy (non-hydrogen) atoms. The van der Waals surface area contributed by atoms with E-state index < -0.39 is 0 Å². The number of ether oxygens (including phenoxy) is 1. The van der Waals surface area contributed by atoms with Gasteiger partial charge in [0.15, 0.2) is 0 Å². The molecular formula is C21H30O3. The number of hydrogen-bond donors (Lipinski definition) is 0. The molecule has 1 rings (SSSR count). The topological polar surface area (TPSA) is 43.4 Å². The Hall–Kier alpha value is -1.90. The van der Waals surface area contributed by atoms with Crippen LogP contribution in [-0.2, 0) is 14.3 Å². The Morgan fingerprint density at radius 2 is 1.88 bits per heavy atom. The van der Waals surface area contributed by atoms with E-state index in [1.54, 1.807) is 0 Å². The fraction of sp³-hybridized carbons (Fsp3) is 0.524. The second-order valence-electron chi connectivity index (χ2n) is 7.31. The van der Waals surface area contributed by atoms with Gasteiger partial charge in [-0.2, -0.15) is 0 Å². The molecular weight excluding hydrogens is 300 g/mol. The van der Waals surface area contributed by atoms with Gasteiger partial charge >= 0.3 is 5.97 Å². The molecule has 0 aromatic heterocycles. The fourth-order valence-corrected chi connectivity index (χ4v) is 3.10. The summed E-state index contributed by atoms with van der Waals surface area (Å²) in [4.78, 5) is 23.1. The number of carbonyl (C=O) groups is 2. The Kier molecular flexibility index (Phi) is 7.40. The Morgan fingerprint density at radius 1 is 1.21 bits per heavy atom. The summed E-state index contributed by atoms with van der Waals surface area (Å²) in [5.41, 5.74) is 2.10. The van der Waals surface area contributed by atoms with E-state index in [4.69, 9.17) is 0 Å². The molecule has 132 valence electrons. The third-order valence-electron chi connectivity index (χ3n) is 4.80. The zero-order valence-corrected chi connectivity index (χ0v) is 15.8. The molecule has 0 aromatic carbocycles. The zero-order chi connectivity index (χ0) is 18.3. The highest BCUT2D eigenvalue weighted by atomic mass is 16.5. The predicted molar refractivity (Wildman–Crippen MR) is 98.5 cm³/mol. The number of methoxy groups -OCH3 is 1. The van der Waals surface area contributed by atoms with Crippen LogP contribution in [0, 0.1) is 17.3 Å². The highest BCUT2D eigenvalue weighted by molar-refractivity contribution is 5.83. The maximum atomic E-state index is 12.0. The first-order valence-electron chi connectivity index (χ1n) is 8.49. The minimum absolute atomic E-state index is 0.0820. The SMILES string of the molecule is COC(=O)C=C(C)C=CC=C(C)C=CC1C(C)C(=O)CCC1(C)C. The number of Topliss-reactive ketones (excluding diaryl/α,β-unsaturated/α-hetero) is 1. The third-order valence-corrected chi connectivity index (χ3v) is 4.80. The lowest BCUT2D eigenvalue weighted by atomic mass is 9.63. The Morgan fingerprint density at radius 3 is 2.50 bits per heavy atom. The average molecular weight is 330 g/mol. The molecule has 3 nitrogen and oxygen atoms in total. The summed E-state index contributed by atoms with van der Waals surface area (Å²) in [5.74, 6) is 0.371. The van der Waals surface area contributed by atoms with Crippen molar-refractivity contribution in [2.75, 3.05) is 7.11 Å². The van der Waals surface area contributed by atoms with E-state index in [2.05, 4.69) is 30.7 Å². The second kappa shape index (κ2) is 8.81. The predicted octanol–water partition coefficient (Wildman–Crippen LogP) is 4.81. The molecule has 3 heteroatoms. The van der Waals surface area contributed by atoms with Gasteiger partial charge in [0.25, 0.3) is 0 Å². The first-order chi connectivity index (χ1) is 11.2. The van der Waals surface area contributed by atoms with Crippen molar-refractivity contribution in [2.45, 2.75) is 47.5 Å². The Bertz CT molecular complexity index is 588. The van der Waals surface area contributed by atoms with Crippen molar-refractivity contribution in [2.24, 2.45) is 17.3 Å². The number of ketones is 1. The quantitative estimate of drug-likeness (QED) is 0.413. The lowest BCUT2D eigenvalue weighted by molar-refractivity contribution is -0.134. The van der Waals surface area contributed by atoms with Crippen LogP contribution in [0.4, 0.5) is 0 Å². The van der Waals surface area contributed by atoms with Gasteiger partial charge in [-0.3, -0.25) is 4.79 Å². The largest absolute Gasteiger partial charge is 0.466 e. The van der Waals surface area contributed by atoms with Gasteiger partial charge in [-0.15, -0.1) is 0 Å². The first-order valence-corrected chi connectivity index (χ1v) is 8.49. The number of hydrogen-bond acceptors (Lipinski definition) is 3. The van der Waals surface area contributed by atoms with Gasteiger partial charge < -0.3 is 4.74 Å². The van der Waals surface area contributed by atoms with E-state index in [1.165, 1.54) is 13.2 Å². The molecule has 2 atom stereocenters. The van der Waals surface area contributed by atoms with Crippen LogP contribution in [0.5, 0.6) is 0 Å². The van der Waals surface area contributed by atoms with Crippen molar-refractivity contribution in [3.8, 4) is 0 Å². The van der Waals surface area contributed by atoms with E-state index >= 15 is 0 Å². The molecule has 1 aliphatic carbocycles. The second-order valence-corrected chi connectivity index (χ2v) is 7.31. The molecule has 1 saturated carbocycles. The maximum absolute atomic E-state index is 12.0. The minimum Gasteiger partial charge on any atom is -0.466 e. The van der Waals surface area contributed by atoms with E-state index in [9.17, 15) is 9.59 Å². The van der Waals surface area contributed by atoms with Crippen LogP contribution in [-0.4, -0.2) is 18.9 Å². The van der Waals surface area contributed by atoms with Gasteiger partial charge in [0.2, 0.25) is 0 Å². The van der Waals surface area contributed by atoms with Crippen molar-refractivity contribution >= 4 is 11.8 Å². The molecule has 1 fully saturated rings. The van der Waals surface area contributed by atoms with Crippen LogP contribution in [0.3, 0.4) is 0 Å². The van der Waals surface area contributed by atoms with E-state index in [0.29, 0.717) is 12.2 Å². The molecule has 0 radical (unpaired) electrons. The van der Waals surface area contributed by atoms with Gasteiger partial charge in [0.1, 0.15) is 5.78 Å². The van der Waals surface area contributed by atoms with Gasteiger partial charge in [0.05, 0.1) is 7.11 Å². The smallest absolute Gasteiger partial charge is 0.330 e. The Balaban J connectivity index is 2.76. The van der Waals surface area contributed by atoms with Crippen LogP contribution in [0.15, 0.2) is 47.6 Å². The van der Waals surface area contributed by atoms with Gasteiger partial charge in [-0.05, 0) is 37.2 Å². The molecule has 2 unspecified atom stereocenters. The summed E-state index contributed by atoms with van der Waals surface area (Å²) in [6.07, 6.45) is 13.1. The summed E-state index contributed by atoms with van der Waals surface area (Å²) in [5, 5.41) is 0. The van der Waals surface area contributed by atoms with Gasteiger partial charge in [0, 0.05) is 18.4 Å². The summed E-state index contributed by atoms with van der Waals surface area (Å²) in [6.45, 7) is 10.4. The summed E-state index contributed by atoms with van der Waals surface area (Å²) in [7, 11) is 1.36. The molecule has 0 spiro atoms. The molecule has 0 aliphatic heterocycles. The van der Waals surface area contributed by atoms with Crippen LogP contribution in [0.1, 0.15) is 47.5 Å². The number of carbonyl (C=O) groups excluding carboxylic acids is 2. The summed E-state index contributed by atoms with van der Waals surface area (Å²) < 4.78 is 4.59. The monoisotopic (exact) mass is 330 g/mol. The highest BCUT2D eigenvalue weighted by Gasteiger charge is 2.39. The molecule has 0 aromatic rings. The van der Waals surface area contributed by atoms with Crippen molar-refractivity contribution < 1.29 is 14.3 Å². The summed E-state index contributed by atoms with van der Waals surface area (Å²) in [6, 6.07) is 0. The van der Waals surface area contributed by atoms with Crippen molar-refractivity contribution in [1.29, 1.82) is 0 Å². The van der Waals surface area contributed by atoms with Crippen molar-refractivity contribution in [1.82, 2.24) is 0 Å². The van der Waals surface area contributed by atoms with E-state index in [-0.39, 0.29) is 23.2 Å². The van der Waals surface area contributed by atoms with E-state index in [1.807, 2.05) is 39.0 Å². The third kappa shape index (κ3) is 5.95. The molecule has 1 aliphatic rings. The van der Waals surface area contributed by atoms with Gasteiger partial charge in [-0.25, -0.2) is 4.79 Å². The molecule has 0 heterocycles. The zero-order valence-electron chi connectivity index (χ0n) is 15.8. The maximum Gasteiger partial charge on any atom is 0.330 e. The van der Waals surface area contributed by atoms with Crippen LogP contribution >= 0.6 is 0 Å². The molecule has 0 bridgehead atoms. The average Bonchev–Trinajstić information content (AvgIpc) is 2.51. The van der Waals surface area contributed by atoms with Crippen LogP contribution in [0.2, 0.25) is 0 Å². The van der Waals surface area contributed by atoms with Gasteiger partial charge in [-0.1, -0.05) is 56.7 Å². The van der Waals surface area contributed by atoms with Crippen LogP contribution < -0.4 is 0 Å². The highest BCUT2D eigenvalue weighted by Crippen LogP contribution is 2.43. The molecule has 0 amide bonds. The van der Waals surface area contributed by atoms with Crippen molar-refractivity contribution in [3.63, 3.8) is 0 Å². The minimum atomic E-state index is -0.351. The van der Waals surface area contributed by atoms with Crippen molar-refractivity contribution in [3.05, 3.63) is 47.6 Å². The summed E-state index contributed by atoms with van der Waals surface area (Å²) >= 11 is 0. The van der Waals surface area contributed by atoms with E-state index in [0.717, 1.165) is 17.6 Å². The number of esters is 1. The number of allylic oxidation sites excluding steroid dienone is 7. The van der Waals surface area contributed by atoms with Crippen LogP contribution in [0.25, 0.3) is 0 Å². The normalized spacial score (nSPS) is 25.5. The molecule has 0 saturated heterocycles. The standard InChI is InChI=1S/C21H30O3/c1-15(8-7-9-16(2)14-20(23)24-6)10-11-18-17(3)19(22)12-13-21(18,4)5/h7-11,14,17-18H,12-13H2,1-6H3.